The molecule has 118 valence electrons. The molecule has 3 rings (SSSR count). The molecule has 0 bridgehead atoms. The van der Waals surface area contributed by atoms with Crippen molar-refractivity contribution in [1.29, 1.82) is 0 Å². The van der Waals surface area contributed by atoms with Gasteiger partial charge in [-0.05, 0) is 43.7 Å². The summed E-state index contributed by atoms with van der Waals surface area (Å²) in [4.78, 5) is 26.1. The quantitative estimate of drug-likeness (QED) is 0.886. The number of carbonyl (C=O) groups is 2. The summed E-state index contributed by atoms with van der Waals surface area (Å²) < 4.78 is 13.2. The Labute approximate surface area is 133 Å². The van der Waals surface area contributed by atoms with E-state index < -0.39 is 11.9 Å². The van der Waals surface area contributed by atoms with Crippen LogP contribution in [0.25, 0.3) is 0 Å². The first-order chi connectivity index (χ1) is 11.0. The third kappa shape index (κ3) is 2.95. The van der Waals surface area contributed by atoms with Crippen molar-refractivity contribution in [1.82, 2.24) is 0 Å². The minimum Gasteiger partial charge on any atom is -0.373 e. The molecule has 1 N–H and O–H groups in total. The zero-order valence-corrected chi connectivity index (χ0v) is 13.0. The summed E-state index contributed by atoms with van der Waals surface area (Å²) in [5.74, 6) is -0.958. The molecule has 2 amide bonds. The van der Waals surface area contributed by atoms with E-state index in [-0.39, 0.29) is 18.2 Å². The molecular formula is C18H17FN2O2. The predicted octanol–water partition coefficient (Wildman–Crippen LogP) is 3.19. The highest BCUT2D eigenvalue weighted by atomic mass is 19.1. The normalized spacial score (nSPS) is 17.7. The summed E-state index contributed by atoms with van der Waals surface area (Å²) in [6.45, 7) is 3.83. The van der Waals surface area contributed by atoms with Gasteiger partial charge in [-0.2, -0.15) is 0 Å². The van der Waals surface area contributed by atoms with Gasteiger partial charge < -0.3 is 5.32 Å². The van der Waals surface area contributed by atoms with Crippen LogP contribution in [0.3, 0.4) is 0 Å². The summed E-state index contributed by atoms with van der Waals surface area (Å²) in [6.07, 6.45) is 0.0582. The molecule has 1 aliphatic heterocycles. The van der Waals surface area contributed by atoms with Crippen LogP contribution in [0.5, 0.6) is 0 Å². The number of nitrogens with zero attached hydrogens (tertiary/aromatic N) is 1. The lowest BCUT2D eigenvalue weighted by molar-refractivity contribution is -0.121. The highest BCUT2D eigenvalue weighted by Crippen LogP contribution is 2.28. The first kappa shape index (κ1) is 15.2. The fourth-order valence-electron chi connectivity index (χ4n) is 2.83. The predicted molar refractivity (Wildman–Crippen MR) is 86.8 cm³/mol. The van der Waals surface area contributed by atoms with Crippen LogP contribution in [-0.2, 0) is 9.59 Å². The standard InChI is InChI=1S/C18H17FN2O2/c1-11-6-7-16(12(2)8-11)21-17(22)10-15(18(21)23)20-14-5-3-4-13(19)9-14/h3-9,15,20H,10H2,1-2H3. The lowest BCUT2D eigenvalue weighted by Gasteiger charge is -2.18. The molecule has 0 saturated carbocycles. The largest absolute Gasteiger partial charge is 0.373 e. The zero-order chi connectivity index (χ0) is 16.6. The van der Waals surface area contributed by atoms with Gasteiger partial charge in [-0.25, -0.2) is 9.29 Å². The second-order valence-electron chi connectivity index (χ2n) is 5.77. The third-order valence-corrected chi connectivity index (χ3v) is 3.91. The van der Waals surface area contributed by atoms with Crippen LogP contribution >= 0.6 is 0 Å². The van der Waals surface area contributed by atoms with E-state index in [1.165, 1.54) is 17.0 Å². The van der Waals surface area contributed by atoms with E-state index in [1.54, 1.807) is 18.2 Å². The number of halogens is 1. The van der Waals surface area contributed by atoms with Crippen molar-refractivity contribution in [2.75, 3.05) is 10.2 Å². The lowest BCUT2D eigenvalue weighted by Crippen LogP contribution is -2.35. The SMILES string of the molecule is Cc1ccc(N2C(=O)CC(Nc3cccc(F)c3)C2=O)c(C)c1. The number of benzene rings is 2. The minimum absolute atomic E-state index is 0.0582. The number of anilines is 2. The van der Waals surface area contributed by atoms with E-state index in [1.807, 2.05) is 26.0 Å². The molecule has 2 aromatic carbocycles. The van der Waals surface area contributed by atoms with Crippen LogP contribution in [0, 0.1) is 19.7 Å². The first-order valence-electron chi connectivity index (χ1n) is 7.42. The van der Waals surface area contributed by atoms with Crippen molar-refractivity contribution in [3.8, 4) is 0 Å². The van der Waals surface area contributed by atoms with Crippen molar-refractivity contribution in [2.24, 2.45) is 0 Å². The van der Waals surface area contributed by atoms with Crippen LogP contribution in [-0.4, -0.2) is 17.9 Å². The zero-order valence-electron chi connectivity index (χ0n) is 13.0. The number of nitrogens with one attached hydrogen (secondary N) is 1. The van der Waals surface area contributed by atoms with Gasteiger partial charge in [-0.15, -0.1) is 0 Å². The van der Waals surface area contributed by atoms with Gasteiger partial charge in [0.1, 0.15) is 11.9 Å². The molecule has 1 aliphatic rings. The summed E-state index contributed by atoms with van der Waals surface area (Å²) in [5, 5.41) is 2.94. The Morgan fingerprint density at radius 1 is 1.13 bits per heavy atom. The van der Waals surface area contributed by atoms with E-state index >= 15 is 0 Å². The van der Waals surface area contributed by atoms with Gasteiger partial charge in [0.05, 0.1) is 12.1 Å². The minimum atomic E-state index is -0.676. The molecule has 2 aromatic rings. The molecular weight excluding hydrogens is 295 g/mol. The van der Waals surface area contributed by atoms with Gasteiger partial charge in [-0.1, -0.05) is 23.8 Å². The molecule has 0 aromatic heterocycles. The molecule has 1 fully saturated rings. The van der Waals surface area contributed by atoms with Gasteiger partial charge in [-0.3, -0.25) is 9.59 Å². The van der Waals surface area contributed by atoms with Crippen LogP contribution < -0.4 is 10.2 Å². The molecule has 1 heterocycles. The number of imide groups is 1. The van der Waals surface area contributed by atoms with Crippen molar-refractivity contribution in [3.63, 3.8) is 0 Å². The number of carbonyl (C=O) groups excluding carboxylic acids is 2. The topological polar surface area (TPSA) is 49.4 Å². The van der Waals surface area contributed by atoms with Crippen molar-refractivity contribution in [2.45, 2.75) is 26.3 Å². The molecule has 1 unspecified atom stereocenters. The molecule has 0 spiro atoms. The monoisotopic (exact) mass is 312 g/mol. The highest BCUT2D eigenvalue weighted by Gasteiger charge is 2.40. The van der Waals surface area contributed by atoms with Gasteiger partial charge in [0.15, 0.2) is 0 Å². The van der Waals surface area contributed by atoms with E-state index in [2.05, 4.69) is 5.32 Å². The number of hydrogen-bond donors (Lipinski definition) is 1. The summed E-state index contributed by atoms with van der Waals surface area (Å²) in [7, 11) is 0. The van der Waals surface area contributed by atoms with Gasteiger partial charge >= 0.3 is 0 Å². The van der Waals surface area contributed by atoms with E-state index in [0.717, 1.165) is 11.1 Å². The highest BCUT2D eigenvalue weighted by molar-refractivity contribution is 6.23. The second-order valence-corrected chi connectivity index (χ2v) is 5.77. The third-order valence-electron chi connectivity index (χ3n) is 3.91. The Kier molecular flexibility index (Phi) is 3.86. The summed E-state index contributed by atoms with van der Waals surface area (Å²) >= 11 is 0. The van der Waals surface area contributed by atoms with Crippen LogP contribution in [0.4, 0.5) is 15.8 Å². The Bertz CT molecular complexity index is 788. The summed E-state index contributed by atoms with van der Waals surface area (Å²) in [5.41, 5.74) is 3.03. The van der Waals surface area contributed by atoms with Crippen molar-refractivity contribution in [3.05, 3.63) is 59.4 Å². The Morgan fingerprint density at radius 2 is 1.91 bits per heavy atom. The second kappa shape index (κ2) is 5.83. The van der Waals surface area contributed by atoms with Gasteiger partial charge in [0.2, 0.25) is 5.91 Å². The summed E-state index contributed by atoms with van der Waals surface area (Å²) in [6, 6.07) is 10.8. The Hall–Kier alpha value is -2.69. The molecule has 0 aliphatic carbocycles. The van der Waals surface area contributed by atoms with E-state index in [4.69, 9.17) is 0 Å². The van der Waals surface area contributed by atoms with Crippen molar-refractivity contribution >= 4 is 23.2 Å². The Morgan fingerprint density at radius 3 is 2.61 bits per heavy atom. The molecule has 4 nitrogen and oxygen atoms in total. The van der Waals surface area contributed by atoms with Crippen LogP contribution in [0.15, 0.2) is 42.5 Å². The number of aryl methyl sites for hydroxylation is 2. The fourth-order valence-corrected chi connectivity index (χ4v) is 2.83. The number of hydrogen-bond acceptors (Lipinski definition) is 3. The number of rotatable bonds is 3. The maximum Gasteiger partial charge on any atom is 0.256 e. The van der Waals surface area contributed by atoms with E-state index in [9.17, 15) is 14.0 Å². The van der Waals surface area contributed by atoms with Crippen molar-refractivity contribution < 1.29 is 14.0 Å². The average Bonchev–Trinajstić information content (AvgIpc) is 2.74. The average molecular weight is 312 g/mol. The maximum absolute atomic E-state index is 13.2. The Balaban J connectivity index is 1.85. The molecule has 23 heavy (non-hydrogen) atoms. The number of amides is 2. The van der Waals surface area contributed by atoms with Gasteiger partial charge in [0.25, 0.3) is 5.91 Å². The van der Waals surface area contributed by atoms with E-state index in [0.29, 0.717) is 11.4 Å². The van der Waals surface area contributed by atoms with Crippen LogP contribution in [0.2, 0.25) is 0 Å². The smallest absolute Gasteiger partial charge is 0.256 e. The molecule has 0 radical (unpaired) electrons. The molecule has 5 heteroatoms. The maximum atomic E-state index is 13.2. The van der Waals surface area contributed by atoms with Gasteiger partial charge in [0, 0.05) is 5.69 Å². The fraction of sp³-hybridized carbons (Fsp3) is 0.222. The molecule has 1 saturated heterocycles. The van der Waals surface area contributed by atoms with Crippen LogP contribution in [0.1, 0.15) is 17.5 Å². The first-order valence-corrected chi connectivity index (χ1v) is 7.42. The lowest BCUT2D eigenvalue weighted by atomic mass is 10.1. The molecule has 1 atom stereocenters.